The number of anilines is 1. The predicted molar refractivity (Wildman–Crippen MR) is 67.5 cm³/mol. The van der Waals surface area contributed by atoms with Gasteiger partial charge in [0, 0.05) is 6.20 Å². The zero-order valence-corrected chi connectivity index (χ0v) is 9.64. The SMILES string of the molecule is Cc1ccc(C#N)c(NCc2ccccn2)c1. The van der Waals surface area contributed by atoms with E-state index < -0.39 is 0 Å². The van der Waals surface area contributed by atoms with Gasteiger partial charge >= 0.3 is 0 Å². The first-order chi connectivity index (χ1) is 8.29. The van der Waals surface area contributed by atoms with Gasteiger partial charge in [-0.1, -0.05) is 12.1 Å². The quantitative estimate of drug-likeness (QED) is 0.870. The summed E-state index contributed by atoms with van der Waals surface area (Å²) in [5.74, 6) is 0. The molecule has 1 aromatic carbocycles. The maximum Gasteiger partial charge on any atom is 0.101 e. The Labute approximate surface area is 101 Å². The third kappa shape index (κ3) is 2.82. The van der Waals surface area contributed by atoms with Gasteiger partial charge in [0.25, 0.3) is 0 Å². The van der Waals surface area contributed by atoms with Crippen molar-refractivity contribution < 1.29 is 0 Å². The molecule has 0 aliphatic carbocycles. The van der Waals surface area contributed by atoms with Crippen LogP contribution in [0.1, 0.15) is 16.8 Å². The molecule has 3 heteroatoms. The van der Waals surface area contributed by atoms with E-state index >= 15 is 0 Å². The number of aryl methyl sites for hydroxylation is 1. The Hall–Kier alpha value is -2.34. The number of hydrogen-bond donors (Lipinski definition) is 1. The van der Waals surface area contributed by atoms with Crippen LogP contribution >= 0.6 is 0 Å². The molecule has 17 heavy (non-hydrogen) atoms. The molecule has 0 radical (unpaired) electrons. The summed E-state index contributed by atoms with van der Waals surface area (Å²) in [4.78, 5) is 4.23. The number of benzene rings is 1. The average molecular weight is 223 g/mol. The average Bonchev–Trinajstić information content (AvgIpc) is 2.38. The first-order valence-corrected chi connectivity index (χ1v) is 5.44. The number of aromatic nitrogens is 1. The monoisotopic (exact) mass is 223 g/mol. The second kappa shape index (κ2) is 5.13. The van der Waals surface area contributed by atoms with Crippen LogP contribution in [0, 0.1) is 18.3 Å². The fourth-order valence-electron chi connectivity index (χ4n) is 1.59. The van der Waals surface area contributed by atoms with Gasteiger partial charge in [0.15, 0.2) is 0 Å². The maximum atomic E-state index is 9.00. The highest BCUT2D eigenvalue weighted by Crippen LogP contribution is 2.17. The molecule has 0 bridgehead atoms. The molecule has 0 aliphatic rings. The summed E-state index contributed by atoms with van der Waals surface area (Å²) in [6.07, 6.45) is 1.76. The maximum absolute atomic E-state index is 9.00. The molecule has 0 spiro atoms. The van der Waals surface area contributed by atoms with Crippen LogP contribution in [0.15, 0.2) is 42.6 Å². The van der Waals surface area contributed by atoms with Crippen molar-refractivity contribution in [3.8, 4) is 6.07 Å². The standard InChI is InChI=1S/C14H13N3/c1-11-5-6-12(9-15)14(8-11)17-10-13-4-2-3-7-16-13/h2-8,17H,10H2,1H3. The molecule has 2 rings (SSSR count). The molecular weight excluding hydrogens is 210 g/mol. The lowest BCUT2D eigenvalue weighted by Crippen LogP contribution is -2.03. The van der Waals surface area contributed by atoms with Gasteiger partial charge in [0.05, 0.1) is 23.5 Å². The van der Waals surface area contributed by atoms with E-state index in [9.17, 15) is 0 Å². The number of rotatable bonds is 3. The van der Waals surface area contributed by atoms with E-state index in [1.54, 1.807) is 6.20 Å². The topological polar surface area (TPSA) is 48.7 Å². The first-order valence-electron chi connectivity index (χ1n) is 5.44. The van der Waals surface area contributed by atoms with Crippen LogP contribution in [-0.4, -0.2) is 4.98 Å². The Balaban J connectivity index is 2.14. The summed E-state index contributed by atoms with van der Waals surface area (Å²) >= 11 is 0. The molecule has 0 saturated carbocycles. The van der Waals surface area contributed by atoms with Gasteiger partial charge in [-0.3, -0.25) is 4.98 Å². The van der Waals surface area contributed by atoms with Crippen LogP contribution < -0.4 is 5.32 Å². The molecule has 1 N–H and O–H groups in total. The van der Waals surface area contributed by atoms with Crippen LogP contribution in [0.25, 0.3) is 0 Å². The Morgan fingerprint density at radius 2 is 2.18 bits per heavy atom. The normalized spacial score (nSPS) is 9.65. The van der Waals surface area contributed by atoms with Crippen molar-refractivity contribution >= 4 is 5.69 Å². The molecule has 1 heterocycles. The van der Waals surface area contributed by atoms with Gasteiger partial charge in [-0.05, 0) is 36.8 Å². The lowest BCUT2D eigenvalue weighted by Gasteiger charge is -2.08. The van der Waals surface area contributed by atoms with Crippen LogP contribution in [0.3, 0.4) is 0 Å². The van der Waals surface area contributed by atoms with E-state index in [4.69, 9.17) is 5.26 Å². The number of hydrogen-bond acceptors (Lipinski definition) is 3. The molecule has 3 nitrogen and oxygen atoms in total. The fourth-order valence-corrected chi connectivity index (χ4v) is 1.59. The summed E-state index contributed by atoms with van der Waals surface area (Å²) in [5.41, 5.74) is 3.61. The summed E-state index contributed by atoms with van der Waals surface area (Å²) < 4.78 is 0. The van der Waals surface area contributed by atoms with E-state index in [1.807, 2.05) is 43.3 Å². The minimum Gasteiger partial charge on any atom is -0.378 e. The van der Waals surface area contributed by atoms with Gasteiger partial charge in [0.1, 0.15) is 6.07 Å². The summed E-state index contributed by atoms with van der Waals surface area (Å²) in [6.45, 7) is 2.63. The lowest BCUT2D eigenvalue weighted by atomic mass is 10.1. The van der Waals surface area contributed by atoms with E-state index in [1.165, 1.54) is 0 Å². The molecule has 0 saturated heterocycles. The zero-order chi connectivity index (χ0) is 12.1. The van der Waals surface area contributed by atoms with E-state index in [-0.39, 0.29) is 0 Å². The third-order valence-electron chi connectivity index (χ3n) is 2.48. The number of nitrogens with one attached hydrogen (secondary N) is 1. The van der Waals surface area contributed by atoms with E-state index in [2.05, 4.69) is 16.4 Å². The van der Waals surface area contributed by atoms with E-state index in [0.717, 1.165) is 16.9 Å². The van der Waals surface area contributed by atoms with Gasteiger partial charge in [-0.15, -0.1) is 0 Å². The lowest BCUT2D eigenvalue weighted by molar-refractivity contribution is 1.04. The highest BCUT2D eigenvalue weighted by atomic mass is 14.9. The highest BCUT2D eigenvalue weighted by molar-refractivity contribution is 5.58. The molecule has 0 fully saturated rings. The van der Waals surface area contributed by atoms with Crippen molar-refractivity contribution in [3.63, 3.8) is 0 Å². The van der Waals surface area contributed by atoms with Gasteiger partial charge < -0.3 is 5.32 Å². The number of nitriles is 1. The molecule has 0 amide bonds. The highest BCUT2D eigenvalue weighted by Gasteiger charge is 2.01. The van der Waals surface area contributed by atoms with Gasteiger partial charge in [-0.25, -0.2) is 0 Å². The Morgan fingerprint density at radius 3 is 2.88 bits per heavy atom. The smallest absolute Gasteiger partial charge is 0.101 e. The van der Waals surface area contributed by atoms with Crippen molar-refractivity contribution in [2.75, 3.05) is 5.32 Å². The van der Waals surface area contributed by atoms with Crippen molar-refractivity contribution in [2.24, 2.45) is 0 Å². The number of nitrogens with zero attached hydrogens (tertiary/aromatic N) is 2. The van der Waals surface area contributed by atoms with E-state index in [0.29, 0.717) is 12.1 Å². The van der Waals surface area contributed by atoms with Gasteiger partial charge in [0.2, 0.25) is 0 Å². The second-order valence-corrected chi connectivity index (χ2v) is 3.84. The second-order valence-electron chi connectivity index (χ2n) is 3.84. The Kier molecular flexibility index (Phi) is 3.37. The van der Waals surface area contributed by atoms with Crippen LogP contribution in [-0.2, 0) is 6.54 Å². The molecule has 2 aromatic rings. The Morgan fingerprint density at radius 1 is 1.29 bits per heavy atom. The first kappa shape index (κ1) is 11.2. The van der Waals surface area contributed by atoms with Gasteiger partial charge in [-0.2, -0.15) is 5.26 Å². The van der Waals surface area contributed by atoms with Crippen LogP contribution in [0.4, 0.5) is 5.69 Å². The van der Waals surface area contributed by atoms with Crippen LogP contribution in [0.5, 0.6) is 0 Å². The molecule has 84 valence electrons. The van der Waals surface area contributed by atoms with Crippen molar-refractivity contribution in [1.29, 1.82) is 5.26 Å². The summed E-state index contributed by atoms with van der Waals surface area (Å²) in [5, 5.41) is 12.2. The fraction of sp³-hybridized carbons (Fsp3) is 0.143. The minimum absolute atomic E-state index is 0.624. The zero-order valence-electron chi connectivity index (χ0n) is 9.64. The third-order valence-corrected chi connectivity index (χ3v) is 2.48. The van der Waals surface area contributed by atoms with Crippen molar-refractivity contribution in [3.05, 3.63) is 59.4 Å². The molecule has 0 atom stereocenters. The largest absolute Gasteiger partial charge is 0.378 e. The summed E-state index contributed by atoms with van der Waals surface area (Å²) in [6, 6.07) is 13.7. The minimum atomic E-state index is 0.624. The number of pyridine rings is 1. The molecular formula is C14H13N3. The molecule has 0 unspecified atom stereocenters. The predicted octanol–water partition coefficient (Wildman–Crippen LogP) is 2.87. The van der Waals surface area contributed by atoms with Crippen molar-refractivity contribution in [2.45, 2.75) is 13.5 Å². The Bertz CT molecular complexity index is 541. The molecule has 1 aromatic heterocycles. The molecule has 0 aliphatic heterocycles. The van der Waals surface area contributed by atoms with Crippen molar-refractivity contribution in [1.82, 2.24) is 4.98 Å². The summed E-state index contributed by atoms with van der Waals surface area (Å²) in [7, 11) is 0. The van der Waals surface area contributed by atoms with Crippen LogP contribution in [0.2, 0.25) is 0 Å².